The summed E-state index contributed by atoms with van der Waals surface area (Å²) in [7, 11) is 4.07. The summed E-state index contributed by atoms with van der Waals surface area (Å²) >= 11 is 0. The second-order valence-electron chi connectivity index (χ2n) is 8.92. The molecule has 1 aromatic carbocycles. The highest BCUT2D eigenvalue weighted by Gasteiger charge is 2.19. The standard InChI is InChI=1S/C24H36N8/c1-30(2)21-13-11-20(12-14-21)19-25-29-22-26-23(31-15-7-3-4-8-16-31)28-24(27-22)32-17-9-5-6-10-18-32/h11-14,19H,3-10,15-18H2,1-2H3,(H,26,27,28,29)/b25-19+. The van der Waals surface area contributed by atoms with Crippen LogP contribution in [0.2, 0.25) is 0 Å². The van der Waals surface area contributed by atoms with Gasteiger partial charge in [-0.3, -0.25) is 0 Å². The fourth-order valence-electron chi connectivity index (χ4n) is 4.25. The molecule has 0 bridgehead atoms. The molecule has 32 heavy (non-hydrogen) atoms. The Morgan fingerprint density at radius 1 is 0.750 bits per heavy atom. The van der Waals surface area contributed by atoms with Crippen molar-refractivity contribution in [2.75, 3.05) is 60.4 Å². The van der Waals surface area contributed by atoms with Gasteiger partial charge in [0.1, 0.15) is 0 Å². The lowest BCUT2D eigenvalue weighted by Crippen LogP contribution is -2.30. The van der Waals surface area contributed by atoms with Gasteiger partial charge >= 0.3 is 0 Å². The molecule has 2 saturated heterocycles. The van der Waals surface area contributed by atoms with Gasteiger partial charge in [-0.15, -0.1) is 0 Å². The maximum absolute atomic E-state index is 4.89. The molecule has 8 heteroatoms. The topological polar surface area (TPSA) is 72.8 Å². The van der Waals surface area contributed by atoms with E-state index < -0.39 is 0 Å². The van der Waals surface area contributed by atoms with Crippen LogP contribution in [0.25, 0.3) is 0 Å². The van der Waals surface area contributed by atoms with Gasteiger partial charge in [-0.25, -0.2) is 5.43 Å². The average molecular weight is 437 g/mol. The number of nitrogens with zero attached hydrogens (tertiary/aromatic N) is 7. The van der Waals surface area contributed by atoms with Gasteiger partial charge < -0.3 is 14.7 Å². The van der Waals surface area contributed by atoms with Crippen LogP contribution in [0.15, 0.2) is 29.4 Å². The molecule has 0 atom stereocenters. The van der Waals surface area contributed by atoms with E-state index in [0.717, 1.165) is 49.3 Å². The molecule has 8 nitrogen and oxygen atoms in total. The predicted octanol–water partition coefficient (Wildman–Crippen LogP) is 4.14. The summed E-state index contributed by atoms with van der Waals surface area (Å²) in [5.41, 5.74) is 5.25. The fourth-order valence-corrected chi connectivity index (χ4v) is 4.25. The first-order valence-corrected chi connectivity index (χ1v) is 12.0. The van der Waals surface area contributed by atoms with Crippen molar-refractivity contribution in [3.05, 3.63) is 29.8 Å². The molecule has 4 rings (SSSR count). The number of hydrogen-bond acceptors (Lipinski definition) is 8. The van der Waals surface area contributed by atoms with E-state index in [0.29, 0.717) is 5.95 Å². The van der Waals surface area contributed by atoms with Crippen LogP contribution in [0.1, 0.15) is 56.9 Å². The molecule has 2 aromatic rings. The maximum atomic E-state index is 4.89. The van der Waals surface area contributed by atoms with Gasteiger partial charge in [-0.2, -0.15) is 20.1 Å². The van der Waals surface area contributed by atoms with E-state index in [1.807, 2.05) is 14.1 Å². The first-order valence-electron chi connectivity index (χ1n) is 12.0. The molecule has 3 heterocycles. The third-order valence-corrected chi connectivity index (χ3v) is 6.18. The van der Waals surface area contributed by atoms with E-state index in [4.69, 9.17) is 15.0 Å². The summed E-state index contributed by atoms with van der Waals surface area (Å²) in [6, 6.07) is 8.27. The van der Waals surface area contributed by atoms with Gasteiger partial charge in [0.2, 0.25) is 17.8 Å². The lowest BCUT2D eigenvalue weighted by atomic mass is 10.2. The van der Waals surface area contributed by atoms with E-state index in [-0.39, 0.29) is 0 Å². The highest BCUT2D eigenvalue weighted by atomic mass is 15.4. The zero-order valence-corrected chi connectivity index (χ0v) is 19.5. The summed E-state index contributed by atoms with van der Waals surface area (Å²) in [6.07, 6.45) is 11.7. The molecule has 2 aliphatic heterocycles. The molecule has 1 N–H and O–H groups in total. The molecule has 2 aliphatic rings. The molecule has 0 saturated carbocycles. The molecule has 0 aliphatic carbocycles. The van der Waals surface area contributed by atoms with Crippen molar-refractivity contribution in [1.29, 1.82) is 0 Å². The summed E-state index contributed by atoms with van der Waals surface area (Å²) in [5.74, 6) is 2.06. The van der Waals surface area contributed by atoms with E-state index in [1.165, 1.54) is 51.4 Å². The molecule has 1 aromatic heterocycles. The quantitative estimate of drug-likeness (QED) is 0.539. The minimum absolute atomic E-state index is 0.514. The second kappa shape index (κ2) is 11.1. The van der Waals surface area contributed by atoms with E-state index in [1.54, 1.807) is 6.21 Å². The molecule has 2 fully saturated rings. The van der Waals surface area contributed by atoms with Gasteiger partial charge in [0.05, 0.1) is 6.21 Å². The van der Waals surface area contributed by atoms with Crippen LogP contribution < -0.4 is 20.1 Å². The Bertz CT molecular complexity index is 826. The molecule has 172 valence electrons. The predicted molar refractivity (Wildman–Crippen MR) is 133 cm³/mol. The Hall–Kier alpha value is -2.90. The van der Waals surface area contributed by atoms with Crippen LogP contribution in [0.4, 0.5) is 23.5 Å². The molecular formula is C24H36N8. The fraction of sp³-hybridized carbons (Fsp3) is 0.583. The first-order chi connectivity index (χ1) is 15.7. The summed E-state index contributed by atoms with van der Waals surface area (Å²) < 4.78 is 0. The van der Waals surface area contributed by atoms with E-state index in [2.05, 4.69) is 49.5 Å². The first kappa shape index (κ1) is 22.3. The monoisotopic (exact) mass is 436 g/mol. The van der Waals surface area contributed by atoms with Crippen LogP contribution in [-0.2, 0) is 0 Å². The van der Waals surface area contributed by atoms with Crippen LogP contribution in [0.5, 0.6) is 0 Å². The van der Waals surface area contributed by atoms with Gasteiger partial charge in [0, 0.05) is 46.0 Å². The van der Waals surface area contributed by atoms with Crippen LogP contribution in [0, 0.1) is 0 Å². The van der Waals surface area contributed by atoms with Crippen molar-refractivity contribution in [1.82, 2.24) is 15.0 Å². The highest BCUT2D eigenvalue weighted by Crippen LogP contribution is 2.22. The minimum atomic E-state index is 0.514. The zero-order valence-electron chi connectivity index (χ0n) is 19.5. The third kappa shape index (κ3) is 6.08. The van der Waals surface area contributed by atoms with Crippen LogP contribution in [-0.4, -0.2) is 61.4 Å². The average Bonchev–Trinajstić information content (AvgIpc) is 3.25. The van der Waals surface area contributed by atoms with E-state index >= 15 is 0 Å². The summed E-state index contributed by atoms with van der Waals surface area (Å²) in [5, 5.41) is 4.42. The number of hydrazone groups is 1. The van der Waals surface area contributed by atoms with Gasteiger partial charge in [-0.05, 0) is 43.4 Å². The van der Waals surface area contributed by atoms with Gasteiger partial charge in [-0.1, -0.05) is 37.8 Å². The molecular weight excluding hydrogens is 400 g/mol. The number of hydrogen-bond donors (Lipinski definition) is 1. The Kier molecular flexibility index (Phi) is 7.74. The SMILES string of the molecule is CN(C)c1ccc(/C=N/Nc2nc(N3CCCCCC3)nc(N3CCCCCC3)n2)cc1. The number of anilines is 4. The number of rotatable bonds is 6. The normalized spacial score (nSPS) is 17.8. The lowest BCUT2D eigenvalue weighted by Gasteiger charge is -2.24. The Balaban J connectivity index is 1.53. The molecule has 0 amide bonds. The van der Waals surface area contributed by atoms with Gasteiger partial charge in [0.15, 0.2) is 0 Å². The number of nitrogens with one attached hydrogen (secondary N) is 1. The third-order valence-electron chi connectivity index (χ3n) is 6.18. The molecule has 0 spiro atoms. The maximum Gasteiger partial charge on any atom is 0.250 e. The molecule has 0 unspecified atom stereocenters. The minimum Gasteiger partial charge on any atom is -0.378 e. The smallest absolute Gasteiger partial charge is 0.250 e. The summed E-state index contributed by atoms with van der Waals surface area (Å²) in [6.45, 7) is 4.02. The molecule has 0 radical (unpaired) electrons. The Morgan fingerprint density at radius 3 is 1.72 bits per heavy atom. The van der Waals surface area contributed by atoms with Crippen molar-refractivity contribution in [2.24, 2.45) is 5.10 Å². The van der Waals surface area contributed by atoms with Crippen LogP contribution >= 0.6 is 0 Å². The van der Waals surface area contributed by atoms with Crippen molar-refractivity contribution in [2.45, 2.75) is 51.4 Å². The Morgan fingerprint density at radius 2 is 1.25 bits per heavy atom. The van der Waals surface area contributed by atoms with Crippen molar-refractivity contribution in [3.63, 3.8) is 0 Å². The Labute approximate surface area is 191 Å². The zero-order chi connectivity index (χ0) is 22.2. The summed E-state index contributed by atoms with van der Waals surface area (Å²) in [4.78, 5) is 21.1. The second-order valence-corrected chi connectivity index (χ2v) is 8.92. The van der Waals surface area contributed by atoms with Crippen LogP contribution in [0.3, 0.4) is 0 Å². The number of benzene rings is 1. The lowest BCUT2D eigenvalue weighted by molar-refractivity contribution is 0.726. The number of aromatic nitrogens is 3. The van der Waals surface area contributed by atoms with Crippen molar-refractivity contribution >= 4 is 29.7 Å². The largest absolute Gasteiger partial charge is 0.378 e. The van der Waals surface area contributed by atoms with E-state index in [9.17, 15) is 0 Å². The van der Waals surface area contributed by atoms with Crippen molar-refractivity contribution in [3.8, 4) is 0 Å². The highest BCUT2D eigenvalue weighted by molar-refractivity contribution is 5.80. The van der Waals surface area contributed by atoms with Gasteiger partial charge in [0.25, 0.3) is 0 Å². The van der Waals surface area contributed by atoms with Crippen molar-refractivity contribution < 1.29 is 0 Å².